The first kappa shape index (κ1) is 16.6. The molecule has 1 amide bonds. The van der Waals surface area contributed by atoms with E-state index in [0.717, 1.165) is 11.1 Å². The largest absolute Gasteiger partial charge is 0.294 e. The van der Waals surface area contributed by atoms with Crippen molar-refractivity contribution in [2.24, 2.45) is 0 Å². The van der Waals surface area contributed by atoms with E-state index in [1.54, 1.807) is 23.7 Å². The highest BCUT2D eigenvalue weighted by atomic mass is 16.5. The molecule has 3 rings (SSSR count). The monoisotopic (exact) mass is 331 g/mol. The van der Waals surface area contributed by atoms with Gasteiger partial charge in [0.25, 0.3) is 5.91 Å². The summed E-state index contributed by atoms with van der Waals surface area (Å²) in [4.78, 5) is 24.5. The van der Waals surface area contributed by atoms with Crippen molar-refractivity contribution in [3.8, 4) is 11.1 Å². The van der Waals surface area contributed by atoms with Crippen LogP contribution in [0.3, 0.4) is 0 Å². The molecule has 124 valence electrons. The predicted molar refractivity (Wildman–Crippen MR) is 95.6 cm³/mol. The van der Waals surface area contributed by atoms with Crippen molar-refractivity contribution in [3.63, 3.8) is 0 Å². The van der Waals surface area contributed by atoms with Gasteiger partial charge in [-0.3, -0.25) is 14.8 Å². The average molecular weight is 331 g/mol. The van der Waals surface area contributed by atoms with Crippen LogP contribution < -0.4 is 5.48 Å². The molecule has 3 aromatic carbocycles. The van der Waals surface area contributed by atoms with Crippen molar-refractivity contribution in [1.29, 1.82) is 0 Å². The lowest BCUT2D eigenvalue weighted by molar-refractivity contribution is 0.0707. The predicted octanol–water partition coefficient (Wildman–Crippen LogP) is 3.90. The van der Waals surface area contributed by atoms with Crippen molar-refractivity contribution < 1.29 is 14.8 Å². The van der Waals surface area contributed by atoms with E-state index in [0.29, 0.717) is 23.1 Å². The van der Waals surface area contributed by atoms with E-state index in [1.165, 1.54) is 0 Å². The minimum absolute atomic E-state index is 0.0284. The molecule has 0 bridgehead atoms. The number of nitrogens with one attached hydrogen (secondary N) is 1. The van der Waals surface area contributed by atoms with Gasteiger partial charge in [0.2, 0.25) is 0 Å². The van der Waals surface area contributed by atoms with Crippen LogP contribution in [0.2, 0.25) is 0 Å². The molecule has 0 aliphatic heterocycles. The molecule has 4 heteroatoms. The fraction of sp³-hybridized carbons (Fsp3) is 0.0476. The van der Waals surface area contributed by atoms with Crippen LogP contribution in [0.4, 0.5) is 0 Å². The van der Waals surface area contributed by atoms with Crippen molar-refractivity contribution in [2.75, 3.05) is 0 Å². The number of hydroxylamine groups is 1. The highest BCUT2D eigenvalue weighted by Crippen LogP contribution is 2.25. The first-order chi connectivity index (χ1) is 12.2. The zero-order chi connectivity index (χ0) is 17.6. The molecule has 0 saturated heterocycles. The Morgan fingerprint density at radius 3 is 2.12 bits per heavy atom. The minimum atomic E-state index is -0.610. The molecule has 3 aromatic rings. The molecule has 0 unspecified atom stereocenters. The Morgan fingerprint density at radius 2 is 1.48 bits per heavy atom. The molecular formula is C21H17NO3. The topological polar surface area (TPSA) is 66.4 Å². The molecule has 0 aromatic heterocycles. The normalized spacial score (nSPS) is 10.3. The van der Waals surface area contributed by atoms with E-state index in [-0.39, 0.29) is 5.78 Å². The number of hydrogen-bond acceptors (Lipinski definition) is 3. The van der Waals surface area contributed by atoms with E-state index in [1.807, 2.05) is 60.7 Å². The van der Waals surface area contributed by atoms with Gasteiger partial charge in [0.15, 0.2) is 5.78 Å². The highest BCUT2D eigenvalue weighted by Gasteiger charge is 2.16. The fourth-order valence-electron chi connectivity index (χ4n) is 2.72. The van der Waals surface area contributed by atoms with Crippen LogP contribution in [0.15, 0.2) is 78.9 Å². The van der Waals surface area contributed by atoms with Gasteiger partial charge >= 0.3 is 0 Å². The van der Waals surface area contributed by atoms with Crippen molar-refractivity contribution in [2.45, 2.75) is 6.42 Å². The molecular weight excluding hydrogens is 314 g/mol. The van der Waals surface area contributed by atoms with Gasteiger partial charge in [-0.25, -0.2) is 5.48 Å². The minimum Gasteiger partial charge on any atom is -0.294 e. The molecule has 25 heavy (non-hydrogen) atoms. The molecule has 4 nitrogen and oxygen atoms in total. The van der Waals surface area contributed by atoms with Gasteiger partial charge in [0, 0.05) is 17.5 Å². The summed E-state index contributed by atoms with van der Waals surface area (Å²) in [6.45, 7) is 0. The number of carbonyl (C=O) groups excluding carboxylic acids is 2. The Morgan fingerprint density at radius 1 is 0.840 bits per heavy atom. The quantitative estimate of drug-likeness (QED) is 0.423. The molecule has 0 radical (unpaired) electrons. The van der Waals surface area contributed by atoms with Crippen molar-refractivity contribution >= 4 is 11.7 Å². The number of rotatable bonds is 5. The van der Waals surface area contributed by atoms with Crippen LogP contribution in [0.1, 0.15) is 26.3 Å². The lowest BCUT2D eigenvalue weighted by Crippen LogP contribution is -2.19. The Kier molecular flexibility index (Phi) is 5.02. The maximum absolute atomic E-state index is 12.6. The van der Waals surface area contributed by atoms with Crippen LogP contribution in [0, 0.1) is 0 Å². The Labute approximate surface area is 145 Å². The van der Waals surface area contributed by atoms with Gasteiger partial charge in [0.1, 0.15) is 0 Å². The summed E-state index contributed by atoms with van der Waals surface area (Å²) in [7, 11) is 0. The van der Waals surface area contributed by atoms with Crippen LogP contribution in [0.5, 0.6) is 0 Å². The second-order valence-corrected chi connectivity index (χ2v) is 5.65. The van der Waals surface area contributed by atoms with Gasteiger partial charge in [-0.2, -0.15) is 0 Å². The summed E-state index contributed by atoms with van der Waals surface area (Å²) in [6.07, 6.45) is 0.292. The lowest BCUT2D eigenvalue weighted by Gasteiger charge is -2.11. The van der Waals surface area contributed by atoms with Gasteiger partial charge in [0.05, 0.1) is 0 Å². The number of Topliss-reactive ketones (excluding diaryl/α,β-unsaturated/α-hetero) is 1. The van der Waals surface area contributed by atoms with Crippen LogP contribution >= 0.6 is 0 Å². The Hall–Kier alpha value is -3.24. The summed E-state index contributed by atoms with van der Waals surface area (Å²) in [5.41, 5.74) is 4.83. The third-order valence-corrected chi connectivity index (χ3v) is 3.98. The number of amides is 1. The summed E-state index contributed by atoms with van der Waals surface area (Å²) in [5, 5.41) is 8.97. The van der Waals surface area contributed by atoms with Crippen LogP contribution in [-0.2, 0) is 6.42 Å². The standard InChI is InChI=1S/C21H17NO3/c23-20(13-15-7-3-1-4-8-15)17-11-12-18(21(24)22-25)19(14-17)16-9-5-2-6-10-16/h1-12,14,25H,13H2,(H,22,24). The number of ketones is 1. The maximum Gasteiger partial charge on any atom is 0.275 e. The first-order valence-electron chi connectivity index (χ1n) is 7.90. The van der Waals surface area contributed by atoms with Crippen molar-refractivity contribution in [3.05, 3.63) is 95.6 Å². The molecule has 0 fully saturated rings. The summed E-state index contributed by atoms with van der Waals surface area (Å²) >= 11 is 0. The van der Waals surface area contributed by atoms with E-state index in [9.17, 15) is 9.59 Å². The fourth-order valence-corrected chi connectivity index (χ4v) is 2.72. The maximum atomic E-state index is 12.6. The molecule has 0 spiro atoms. The molecule has 2 N–H and O–H groups in total. The summed E-state index contributed by atoms with van der Waals surface area (Å²) in [5.74, 6) is -0.639. The summed E-state index contributed by atoms with van der Waals surface area (Å²) in [6, 6.07) is 23.7. The molecule has 0 aliphatic rings. The second kappa shape index (κ2) is 7.55. The van der Waals surface area contributed by atoms with E-state index in [2.05, 4.69) is 0 Å². The summed E-state index contributed by atoms with van der Waals surface area (Å²) < 4.78 is 0. The third kappa shape index (κ3) is 3.82. The van der Waals surface area contributed by atoms with Crippen LogP contribution in [0.25, 0.3) is 11.1 Å². The van der Waals surface area contributed by atoms with E-state index >= 15 is 0 Å². The number of carbonyl (C=O) groups is 2. The number of benzene rings is 3. The molecule has 0 heterocycles. The Bertz CT molecular complexity index is 890. The average Bonchev–Trinajstić information content (AvgIpc) is 2.68. The van der Waals surface area contributed by atoms with Gasteiger partial charge in [-0.05, 0) is 28.8 Å². The van der Waals surface area contributed by atoms with E-state index < -0.39 is 5.91 Å². The zero-order valence-corrected chi connectivity index (χ0v) is 13.5. The van der Waals surface area contributed by atoms with Crippen LogP contribution in [-0.4, -0.2) is 16.9 Å². The second-order valence-electron chi connectivity index (χ2n) is 5.65. The Balaban J connectivity index is 1.99. The first-order valence-corrected chi connectivity index (χ1v) is 7.90. The molecule has 0 aliphatic carbocycles. The number of hydrogen-bond donors (Lipinski definition) is 2. The SMILES string of the molecule is O=C(Cc1ccccc1)c1ccc(C(=O)NO)c(-c2ccccc2)c1. The molecule has 0 saturated carbocycles. The van der Waals surface area contributed by atoms with Gasteiger partial charge in [-0.15, -0.1) is 0 Å². The zero-order valence-electron chi connectivity index (χ0n) is 13.5. The van der Waals surface area contributed by atoms with Crippen molar-refractivity contribution in [1.82, 2.24) is 5.48 Å². The van der Waals surface area contributed by atoms with E-state index in [4.69, 9.17) is 5.21 Å². The highest BCUT2D eigenvalue weighted by molar-refractivity contribution is 6.04. The third-order valence-electron chi connectivity index (χ3n) is 3.98. The lowest BCUT2D eigenvalue weighted by atomic mass is 9.94. The van der Waals surface area contributed by atoms with Gasteiger partial charge < -0.3 is 0 Å². The molecule has 0 atom stereocenters. The van der Waals surface area contributed by atoms with Gasteiger partial charge in [-0.1, -0.05) is 66.7 Å². The smallest absolute Gasteiger partial charge is 0.275 e.